The van der Waals surface area contributed by atoms with Gasteiger partial charge in [-0.3, -0.25) is 4.79 Å². The number of amides is 1. The number of nitrogens with two attached hydrogens (primary N) is 1. The lowest BCUT2D eigenvalue weighted by atomic mass is 9.82. The summed E-state index contributed by atoms with van der Waals surface area (Å²) in [7, 11) is 3.71. The number of piperidine rings is 1. The summed E-state index contributed by atoms with van der Waals surface area (Å²) in [4.78, 5) is 15.3. The van der Waals surface area contributed by atoms with Crippen LogP contribution in [-0.2, 0) is 0 Å². The number of methoxy groups -OCH3 is 1. The molecule has 0 radical (unpaired) electrons. The molecule has 0 aromatic heterocycles. The Morgan fingerprint density at radius 1 is 1.29 bits per heavy atom. The number of carbonyl (C=O) groups is 1. The molecule has 1 aromatic rings. The van der Waals surface area contributed by atoms with E-state index in [9.17, 15) is 4.79 Å². The maximum Gasteiger partial charge on any atom is 0.255 e. The quantitative estimate of drug-likeness (QED) is 0.822. The molecule has 2 aliphatic rings. The maximum absolute atomic E-state index is 12.9. The van der Waals surface area contributed by atoms with Crippen LogP contribution in [0, 0.1) is 11.8 Å². The van der Waals surface area contributed by atoms with Gasteiger partial charge in [-0.1, -0.05) is 24.4 Å². The van der Waals surface area contributed by atoms with E-state index in [4.69, 9.17) is 22.1 Å². The van der Waals surface area contributed by atoms with Crippen LogP contribution in [-0.4, -0.2) is 44.1 Å². The minimum atomic E-state index is -0.125. The largest absolute Gasteiger partial charge is 0.496 e. The average Bonchev–Trinajstić information content (AvgIpc) is 2.66. The highest BCUT2D eigenvalue weighted by Gasteiger charge is 2.38. The van der Waals surface area contributed by atoms with Crippen LogP contribution in [0.25, 0.3) is 0 Å². The van der Waals surface area contributed by atoms with E-state index in [1.807, 2.05) is 0 Å². The number of nitrogens with zero attached hydrogens (tertiary/aromatic N) is 1. The fourth-order valence-corrected chi connectivity index (χ4v) is 4.39. The molecule has 24 heavy (non-hydrogen) atoms. The number of nitrogen functional groups attached to an aromatic ring is 1. The van der Waals surface area contributed by atoms with Crippen LogP contribution in [0.2, 0.25) is 5.02 Å². The molecule has 1 heterocycles. The number of anilines is 1. The van der Waals surface area contributed by atoms with Gasteiger partial charge in [0, 0.05) is 25.2 Å². The first kappa shape index (κ1) is 17.4. The van der Waals surface area contributed by atoms with E-state index in [1.54, 1.807) is 12.1 Å². The molecule has 1 aliphatic carbocycles. The van der Waals surface area contributed by atoms with Gasteiger partial charge in [0.15, 0.2) is 0 Å². The van der Waals surface area contributed by atoms with Crippen molar-refractivity contribution < 1.29 is 9.53 Å². The molecule has 2 atom stereocenters. The summed E-state index contributed by atoms with van der Waals surface area (Å²) in [6.07, 6.45) is 4.84. The lowest BCUT2D eigenvalue weighted by molar-refractivity contribution is 0.0761. The number of carbonyl (C=O) groups excluding carboxylic acids is 1. The number of rotatable bonds is 3. The minimum Gasteiger partial charge on any atom is -0.496 e. The summed E-state index contributed by atoms with van der Waals surface area (Å²) in [6.45, 7) is 2.09. The third kappa shape index (κ3) is 3.47. The molecular formula is C18H26ClN3O2. The molecule has 1 aromatic carbocycles. The summed E-state index contributed by atoms with van der Waals surface area (Å²) < 4.78 is 5.32. The lowest BCUT2D eigenvalue weighted by Gasteiger charge is -2.41. The summed E-state index contributed by atoms with van der Waals surface area (Å²) >= 11 is 6.10. The van der Waals surface area contributed by atoms with Crippen molar-refractivity contribution in [2.24, 2.45) is 11.8 Å². The third-order valence-corrected chi connectivity index (χ3v) is 5.70. The zero-order chi connectivity index (χ0) is 17.3. The van der Waals surface area contributed by atoms with Crippen LogP contribution < -0.4 is 15.8 Å². The van der Waals surface area contributed by atoms with Crippen molar-refractivity contribution in [3.8, 4) is 5.75 Å². The Balaban J connectivity index is 1.82. The maximum atomic E-state index is 12.9. The Hall–Kier alpha value is -1.46. The van der Waals surface area contributed by atoms with Crippen molar-refractivity contribution in [3.05, 3.63) is 22.7 Å². The van der Waals surface area contributed by atoms with Gasteiger partial charge < -0.3 is 20.7 Å². The van der Waals surface area contributed by atoms with Crippen LogP contribution in [0.15, 0.2) is 12.1 Å². The number of hydrogen-bond acceptors (Lipinski definition) is 4. The summed E-state index contributed by atoms with van der Waals surface area (Å²) in [5, 5.41) is 3.65. The number of ether oxygens (including phenoxy) is 1. The van der Waals surface area contributed by atoms with Gasteiger partial charge in [-0.25, -0.2) is 0 Å². The van der Waals surface area contributed by atoms with Gasteiger partial charge in [-0.05, 0) is 37.8 Å². The second kappa shape index (κ2) is 7.19. The number of fused-ring (bicyclic) bond motifs is 2. The highest BCUT2D eigenvalue weighted by molar-refractivity contribution is 6.33. The van der Waals surface area contributed by atoms with E-state index in [2.05, 4.69) is 17.3 Å². The van der Waals surface area contributed by atoms with Crippen LogP contribution >= 0.6 is 11.6 Å². The second-order valence-corrected chi connectivity index (χ2v) is 7.51. The molecular weight excluding hydrogens is 326 g/mol. The minimum absolute atomic E-state index is 0.125. The third-order valence-electron chi connectivity index (χ3n) is 5.37. The lowest BCUT2D eigenvalue weighted by Crippen LogP contribution is -2.54. The Kier molecular flexibility index (Phi) is 5.21. The van der Waals surface area contributed by atoms with Crippen molar-refractivity contribution in [1.82, 2.24) is 10.2 Å². The molecule has 2 bridgehead atoms. The SMILES string of the molecule is COc1cc(N)c(Cl)cc1C(=O)NC1C2CCCCC1CN(C)C2. The summed E-state index contributed by atoms with van der Waals surface area (Å²) in [5.74, 6) is 1.36. The average molecular weight is 352 g/mol. The van der Waals surface area contributed by atoms with Crippen molar-refractivity contribution in [1.29, 1.82) is 0 Å². The van der Waals surface area contributed by atoms with Crippen LogP contribution in [0.1, 0.15) is 36.0 Å². The molecule has 5 nitrogen and oxygen atoms in total. The number of halogens is 1. The van der Waals surface area contributed by atoms with Gasteiger partial charge >= 0.3 is 0 Å². The van der Waals surface area contributed by atoms with Crippen LogP contribution in [0.4, 0.5) is 5.69 Å². The normalized spacial score (nSPS) is 27.4. The Bertz CT molecular complexity index is 607. The summed E-state index contributed by atoms with van der Waals surface area (Å²) in [5.41, 5.74) is 6.68. The zero-order valence-electron chi connectivity index (χ0n) is 14.3. The Morgan fingerprint density at radius 3 is 2.50 bits per heavy atom. The van der Waals surface area contributed by atoms with E-state index in [0.717, 1.165) is 13.1 Å². The first-order valence-corrected chi connectivity index (χ1v) is 8.99. The van der Waals surface area contributed by atoms with E-state index < -0.39 is 0 Å². The van der Waals surface area contributed by atoms with Crippen molar-refractivity contribution in [3.63, 3.8) is 0 Å². The zero-order valence-corrected chi connectivity index (χ0v) is 15.1. The van der Waals surface area contributed by atoms with E-state index >= 15 is 0 Å². The first-order chi connectivity index (χ1) is 11.5. The number of nitrogens with one attached hydrogen (secondary N) is 1. The Morgan fingerprint density at radius 2 is 1.92 bits per heavy atom. The van der Waals surface area contributed by atoms with Gasteiger partial charge in [-0.15, -0.1) is 0 Å². The van der Waals surface area contributed by atoms with Crippen LogP contribution in [0.3, 0.4) is 0 Å². The predicted octanol–water partition coefficient (Wildman–Crippen LogP) is 2.78. The summed E-state index contributed by atoms with van der Waals surface area (Å²) in [6, 6.07) is 3.43. The standard InChI is InChI=1S/C18H26ClN3O2/c1-22-9-11-5-3-4-6-12(10-22)17(11)21-18(23)13-7-14(19)15(20)8-16(13)24-2/h7-8,11-12,17H,3-6,9-10,20H2,1-2H3,(H,21,23). The first-order valence-electron chi connectivity index (χ1n) is 8.62. The second-order valence-electron chi connectivity index (χ2n) is 7.10. The predicted molar refractivity (Wildman–Crippen MR) is 96.6 cm³/mol. The number of likely N-dealkylation sites (tertiary alicyclic amines) is 1. The fraction of sp³-hybridized carbons (Fsp3) is 0.611. The number of benzene rings is 1. The molecule has 0 spiro atoms. The van der Waals surface area contributed by atoms with Gasteiger partial charge in [-0.2, -0.15) is 0 Å². The van der Waals surface area contributed by atoms with Crippen molar-refractivity contribution in [2.45, 2.75) is 31.7 Å². The van der Waals surface area contributed by atoms with Gasteiger partial charge in [0.1, 0.15) is 5.75 Å². The number of hydrogen-bond donors (Lipinski definition) is 2. The molecule has 1 saturated carbocycles. The van der Waals surface area contributed by atoms with E-state index in [1.165, 1.54) is 32.8 Å². The molecule has 1 aliphatic heterocycles. The van der Waals surface area contributed by atoms with Crippen molar-refractivity contribution in [2.75, 3.05) is 33.0 Å². The van der Waals surface area contributed by atoms with E-state index in [-0.39, 0.29) is 11.9 Å². The van der Waals surface area contributed by atoms with Gasteiger partial charge in [0.2, 0.25) is 0 Å². The Labute approximate surface area is 148 Å². The smallest absolute Gasteiger partial charge is 0.255 e. The molecule has 132 valence electrons. The molecule has 1 amide bonds. The van der Waals surface area contributed by atoms with Gasteiger partial charge in [0.05, 0.1) is 23.4 Å². The highest BCUT2D eigenvalue weighted by Crippen LogP contribution is 2.34. The van der Waals surface area contributed by atoms with Crippen LogP contribution in [0.5, 0.6) is 5.75 Å². The molecule has 3 N–H and O–H groups in total. The highest BCUT2D eigenvalue weighted by atomic mass is 35.5. The molecule has 6 heteroatoms. The molecule has 3 rings (SSSR count). The molecule has 1 saturated heterocycles. The van der Waals surface area contributed by atoms with Crippen molar-refractivity contribution >= 4 is 23.2 Å². The fourth-order valence-electron chi connectivity index (χ4n) is 4.22. The topological polar surface area (TPSA) is 67.6 Å². The monoisotopic (exact) mass is 351 g/mol. The van der Waals surface area contributed by atoms with E-state index in [0.29, 0.717) is 33.9 Å². The molecule has 2 unspecified atom stereocenters. The molecule has 2 fully saturated rings. The van der Waals surface area contributed by atoms with Gasteiger partial charge in [0.25, 0.3) is 5.91 Å².